The van der Waals surface area contributed by atoms with Crippen LogP contribution in [0, 0.1) is 5.92 Å². The third-order valence-corrected chi connectivity index (χ3v) is 4.89. The van der Waals surface area contributed by atoms with Gasteiger partial charge in [-0.1, -0.05) is 28.1 Å². The standard InChI is InChI=1S/C16H19BrN2O2/c1-16(12-5-6-12)15(21)19(8-7-14(20)18-16)10-11-3-2-4-13(17)9-11/h2-4,9,12H,5-8,10H2,1H3,(H,18,20). The van der Waals surface area contributed by atoms with Crippen molar-refractivity contribution in [2.45, 2.75) is 38.3 Å². The molecule has 1 aromatic carbocycles. The fourth-order valence-electron chi connectivity index (χ4n) is 3.02. The van der Waals surface area contributed by atoms with Crippen LogP contribution < -0.4 is 5.32 Å². The minimum atomic E-state index is -0.723. The fraction of sp³-hybridized carbons (Fsp3) is 0.500. The summed E-state index contributed by atoms with van der Waals surface area (Å²) in [5.74, 6) is 0.322. The van der Waals surface area contributed by atoms with Gasteiger partial charge in [-0.3, -0.25) is 9.59 Å². The molecular formula is C16H19BrN2O2. The summed E-state index contributed by atoms with van der Waals surface area (Å²) < 4.78 is 1.00. The fourth-order valence-corrected chi connectivity index (χ4v) is 3.46. The monoisotopic (exact) mass is 350 g/mol. The zero-order chi connectivity index (χ0) is 15.0. The second kappa shape index (κ2) is 5.44. The molecule has 5 heteroatoms. The number of nitrogens with zero attached hydrogens (tertiary/aromatic N) is 1. The summed E-state index contributed by atoms with van der Waals surface area (Å²) in [6.07, 6.45) is 2.42. The molecule has 1 aliphatic heterocycles. The van der Waals surface area contributed by atoms with E-state index < -0.39 is 5.54 Å². The highest BCUT2D eigenvalue weighted by Crippen LogP contribution is 2.41. The van der Waals surface area contributed by atoms with Crippen molar-refractivity contribution < 1.29 is 9.59 Å². The van der Waals surface area contributed by atoms with E-state index in [0.717, 1.165) is 22.9 Å². The van der Waals surface area contributed by atoms with Gasteiger partial charge in [0.05, 0.1) is 0 Å². The minimum Gasteiger partial charge on any atom is -0.342 e. The molecule has 0 spiro atoms. The summed E-state index contributed by atoms with van der Waals surface area (Å²) in [6.45, 7) is 2.92. The van der Waals surface area contributed by atoms with Crippen molar-refractivity contribution in [2.75, 3.05) is 6.54 Å². The maximum Gasteiger partial charge on any atom is 0.248 e. The number of hydrogen-bond donors (Lipinski definition) is 1. The van der Waals surface area contributed by atoms with E-state index in [0.29, 0.717) is 19.5 Å². The zero-order valence-corrected chi connectivity index (χ0v) is 13.6. The number of carbonyl (C=O) groups is 2. The first-order valence-electron chi connectivity index (χ1n) is 7.34. The van der Waals surface area contributed by atoms with Crippen LogP contribution in [0.15, 0.2) is 28.7 Å². The maximum atomic E-state index is 12.9. The van der Waals surface area contributed by atoms with Crippen LogP contribution in [0.1, 0.15) is 31.7 Å². The summed E-state index contributed by atoms with van der Waals surface area (Å²) in [7, 11) is 0. The van der Waals surface area contributed by atoms with Gasteiger partial charge in [0.25, 0.3) is 0 Å². The largest absolute Gasteiger partial charge is 0.342 e. The quantitative estimate of drug-likeness (QED) is 0.910. The summed E-state index contributed by atoms with van der Waals surface area (Å²) in [5, 5.41) is 2.95. The number of amides is 2. The van der Waals surface area contributed by atoms with Gasteiger partial charge in [0.2, 0.25) is 11.8 Å². The van der Waals surface area contributed by atoms with Crippen LogP contribution in [-0.2, 0) is 16.1 Å². The van der Waals surface area contributed by atoms with Crippen molar-refractivity contribution in [3.05, 3.63) is 34.3 Å². The van der Waals surface area contributed by atoms with Crippen LogP contribution in [0.2, 0.25) is 0 Å². The Kier molecular flexibility index (Phi) is 3.78. The summed E-state index contributed by atoms with van der Waals surface area (Å²) in [4.78, 5) is 26.6. The minimum absolute atomic E-state index is 0.0190. The number of hydrogen-bond acceptors (Lipinski definition) is 2. The van der Waals surface area contributed by atoms with Gasteiger partial charge >= 0.3 is 0 Å². The zero-order valence-electron chi connectivity index (χ0n) is 12.1. The lowest BCUT2D eigenvalue weighted by atomic mass is 9.94. The first kappa shape index (κ1) is 14.6. The third kappa shape index (κ3) is 2.98. The summed E-state index contributed by atoms with van der Waals surface area (Å²) in [6, 6.07) is 7.95. The Morgan fingerprint density at radius 1 is 1.38 bits per heavy atom. The predicted octanol–water partition coefficient (Wildman–Crippen LogP) is 2.47. The molecule has 112 valence electrons. The highest BCUT2D eigenvalue weighted by molar-refractivity contribution is 9.10. The van der Waals surface area contributed by atoms with Crippen molar-refractivity contribution >= 4 is 27.7 Å². The van der Waals surface area contributed by atoms with Gasteiger partial charge in [-0.2, -0.15) is 0 Å². The topological polar surface area (TPSA) is 49.4 Å². The van der Waals surface area contributed by atoms with E-state index in [1.807, 2.05) is 36.1 Å². The molecule has 1 unspecified atom stereocenters. The molecule has 2 aliphatic rings. The molecule has 1 saturated carbocycles. The number of halogens is 1. The Morgan fingerprint density at radius 3 is 2.81 bits per heavy atom. The Hall–Kier alpha value is -1.36. The van der Waals surface area contributed by atoms with Crippen molar-refractivity contribution in [1.82, 2.24) is 10.2 Å². The maximum absolute atomic E-state index is 12.9. The van der Waals surface area contributed by atoms with E-state index in [1.165, 1.54) is 0 Å². The van der Waals surface area contributed by atoms with Gasteiger partial charge in [0.15, 0.2) is 0 Å². The van der Waals surface area contributed by atoms with Crippen LogP contribution in [0.4, 0.5) is 0 Å². The molecule has 1 aromatic rings. The second-order valence-electron chi connectivity index (χ2n) is 6.13. The number of benzene rings is 1. The molecule has 2 fully saturated rings. The molecule has 1 atom stereocenters. The molecule has 0 radical (unpaired) electrons. The van der Waals surface area contributed by atoms with Crippen molar-refractivity contribution in [3.63, 3.8) is 0 Å². The molecular weight excluding hydrogens is 332 g/mol. The van der Waals surface area contributed by atoms with Gasteiger partial charge in [0.1, 0.15) is 5.54 Å². The van der Waals surface area contributed by atoms with Crippen molar-refractivity contribution in [2.24, 2.45) is 5.92 Å². The van der Waals surface area contributed by atoms with E-state index in [1.54, 1.807) is 0 Å². The van der Waals surface area contributed by atoms with E-state index in [2.05, 4.69) is 21.2 Å². The lowest BCUT2D eigenvalue weighted by Gasteiger charge is -2.32. The molecule has 21 heavy (non-hydrogen) atoms. The molecule has 1 N–H and O–H groups in total. The molecule has 3 rings (SSSR count). The number of rotatable bonds is 3. The SMILES string of the molecule is CC1(C2CC2)NC(=O)CCN(Cc2cccc(Br)c2)C1=O. The van der Waals surface area contributed by atoms with E-state index >= 15 is 0 Å². The highest BCUT2D eigenvalue weighted by atomic mass is 79.9. The first-order chi connectivity index (χ1) is 9.99. The molecule has 0 bridgehead atoms. The lowest BCUT2D eigenvalue weighted by Crippen LogP contribution is -2.56. The Bertz CT molecular complexity index is 585. The lowest BCUT2D eigenvalue weighted by molar-refractivity contribution is -0.139. The van der Waals surface area contributed by atoms with E-state index in [-0.39, 0.29) is 17.7 Å². The van der Waals surface area contributed by atoms with Crippen molar-refractivity contribution in [3.8, 4) is 0 Å². The molecule has 4 nitrogen and oxygen atoms in total. The van der Waals surface area contributed by atoms with Gasteiger partial charge in [-0.15, -0.1) is 0 Å². The van der Waals surface area contributed by atoms with Gasteiger partial charge in [0, 0.05) is 24.0 Å². The highest BCUT2D eigenvalue weighted by Gasteiger charge is 2.50. The van der Waals surface area contributed by atoms with Gasteiger partial charge in [-0.25, -0.2) is 0 Å². The van der Waals surface area contributed by atoms with Crippen LogP contribution in [-0.4, -0.2) is 28.8 Å². The number of nitrogens with one attached hydrogen (secondary N) is 1. The summed E-state index contributed by atoms with van der Waals surface area (Å²) in [5.41, 5.74) is 0.352. The van der Waals surface area contributed by atoms with E-state index in [4.69, 9.17) is 0 Å². The van der Waals surface area contributed by atoms with Crippen LogP contribution in [0.5, 0.6) is 0 Å². The van der Waals surface area contributed by atoms with Crippen LogP contribution in [0.3, 0.4) is 0 Å². The van der Waals surface area contributed by atoms with Gasteiger partial charge in [-0.05, 0) is 43.4 Å². The summed E-state index contributed by atoms with van der Waals surface area (Å²) >= 11 is 3.45. The van der Waals surface area contributed by atoms with Crippen LogP contribution >= 0.6 is 15.9 Å². The molecule has 1 heterocycles. The van der Waals surface area contributed by atoms with Crippen molar-refractivity contribution in [1.29, 1.82) is 0 Å². The average Bonchev–Trinajstić information content (AvgIpc) is 3.26. The van der Waals surface area contributed by atoms with Gasteiger partial charge < -0.3 is 10.2 Å². The first-order valence-corrected chi connectivity index (χ1v) is 8.13. The normalized spacial score (nSPS) is 26.5. The molecule has 0 aromatic heterocycles. The Morgan fingerprint density at radius 2 is 2.14 bits per heavy atom. The molecule has 1 saturated heterocycles. The predicted molar refractivity (Wildman–Crippen MR) is 83.4 cm³/mol. The Labute approximate surface area is 133 Å². The van der Waals surface area contributed by atoms with Crippen LogP contribution in [0.25, 0.3) is 0 Å². The molecule has 2 amide bonds. The smallest absolute Gasteiger partial charge is 0.248 e. The molecule has 1 aliphatic carbocycles. The van der Waals surface area contributed by atoms with E-state index in [9.17, 15) is 9.59 Å². The second-order valence-corrected chi connectivity index (χ2v) is 7.05. The third-order valence-electron chi connectivity index (χ3n) is 4.40. The number of carbonyl (C=O) groups excluding carboxylic acids is 2. The Balaban J connectivity index is 1.83. The average molecular weight is 351 g/mol.